The number of thiazole rings is 1. The van der Waals surface area contributed by atoms with Gasteiger partial charge in [-0.3, -0.25) is 0 Å². The summed E-state index contributed by atoms with van der Waals surface area (Å²) in [6.07, 6.45) is 1.17. The number of hydrogen-bond acceptors (Lipinski definition) is 4. The molecule has 4 heteroatoms. The summed E-state index contributed by atoms with van der Waals surface area (Å²) in [6.45, 7) is 16.5. The van der Waals surface area contributed by atoms with E-state index in [1.165, 1.54) is 17.0 Å². The van der Waals surface area contributed by atoms with Gasteiger partial charge >= 0.3 is 0 Å². The van der Waals surface area contributed by atoms with Crippen molar-refractivity contribution in [2.75, 3.05) is 25.0 Å². The first-order valence-electron chi connectivity index (χ1n) is 7.66. The Morgan fingerprint density at radius 1 is 1.30 bits per heavy atom. The summed E-state index contributed by atoms with van der Waals surface area (Å²) in [5.74, 6) is 0.487. The highest BCUT2D eigenvalue weighted by Crippen LogP contribution is 2.31. The molecular weight excluding hydrogens is 266 g/mol. The molecule has 1 aromatic heterocycles. The van der Waals surface area contributed by atoms with Crippen molar-refractivity contribution in [3.8, 4) is 0 Å². The van der Waals surface area contributed by atoms with E-state index in [1.54, 1.807) is 0 Å². The first-order chi connectivity index (χ1) is 9.24. The maximum atomic E-state index is 4.88. The van der Waals surface area contributed by atoms with Gasteiger partial charge in [0.25, 0.3) is 0 Å². The third-order valence-electron chi connectivity index (χ3n) is 3.01. The number of hydrogen-bond donors (Lipinski definition) is 1. The van der Waals surface area contributed by atoms with E-state index in [1.807, 2.05) is 11.3 Å². The Bertz CT molecular complexity index is 404. The van der Waals surface area contributed by atoms with E-state index in [9.17, 15) is 0 Å². The van der Waals surface area contributed by atoms with Gasteiger partial charge < -0.3 is 10.2 Å². The topological polar surface area (TPSA) is 28.2 Å². The molecule has 0 spiro atoms. The van der Waals surface area contributed by atoms with Gasteiger partial charge in [-0.1, -0.05) is 41.5 Å². The van der Waals surface area contributed by atoms with Crippen LogP contribution in [0.25, 0.3) is 0 Å². The summed E-state index contributed by atoms with van der Waals surface area (Å²) in [7, 11) is 2.15. The minimum Gasteiger partial charge on any atom is -0.351 e. The molecule has 116 valence electrons. The highest BCUT2D eigenvalue weighted by atomic mass is 32.1. The maximum Gasteiger partial charge on any atom is 0.185 e. The second-order valence-corrected chi connectivity index (χ2v) is 8.12. The van der Waals surface area contributed by atoms with E-state index in [0.29, 0.717) is 11.3 Å². The molecule has 0 amide bonds. The molecular formula is C16H31N3S. The van der Waals surface area contributed by atoms with Crippen LogP contribution in [0.2, 0.25) is 0 Å². The Kier molecular flexibility index (Phi) is 6.46. The highest BCUT2D eigenvalue weighted by molar-refractivity contribution is 7.15. The van der Waals surface area contributed by atoms with Crippen LogP contribution >= 0.6 is 11.3 Å². The van der Waals surface area contributed by atoms with Crippen LogP contribution < -0.4 is 10.2 Å². The summed E-state index contributed by atoms with van der Waals surface area (Å²) >= 11 is 1.84. The normalized spacial score (nSPS) is 12.2. The first-order valence-corrected chi connectivity index (χ1v) is 8.47. The smallest absolute Gasteiger partial charge is 0.185 e. The lowest BCUT2D eigenvalue weighted by Crippen LogP contribution is -2.28. The molecule has 0 atom stereocenters. The van der Waals surface area contributed by atoms with E-state index in [4.69, 9.17) is 4.98 Å². The fourth-order valence-corrected chi connectivity index (χ4v) is 3.39. The fraction of sp³-hybridized carbons (Fsp3) is 0.812. The zero-order valence-corrected chi connectivity index (χ0v) is 15.0. The SMILES string of the molecule is CCCNCc1sc(N(C)CC(C)(C)C)nc1C(C)C. The zero-order chi connectivity index (χ0) is 15.3. The molecule has 0 radical (unpaired) electrons. The van der Waals surface area contributed by atoms with Crippen LogP contribution in [0.5, 0.6) is 0 Å². The molecule has 0 bridgehead atoms. The Morgan fingerprint density at radius 2 is 1.95 bits per heavy atom. The van der Waals surface area contributed by atoms with Crippen molar-refractivity contribution in [1.29, 1.82) is 0 Å². The van der Waals surface area contributed by atoms with Crippen LogP contribution in [0.15, 0.2) is 0 Å². The molecule has 0 aliphatic rings. The first kappa shape index (κ1) is 17.4. The molecule has 1 aromatic rings. The quantitative estimate of drug-likeness (QED) is 0.763. The van der Waals surface area contributed by atoms with Gasteiger partial charge in [-0.2, -0.15) is 0 Å². The molecule has 0 aromatic carbocycles. The zero-order valence-electron chi connectivity index (χ0n) is 14.2. The van der Waals surface area contributed by atoms with Crippen molar-refractivity contribution in [3.63, 3.8) is 0 Å². The molecule has 1 N–H and O–H groups in total. The molecule has 3 nitrogen and oxygen atoms in total. The van der Waals surface area contributed by atoms with E-state index in [0.717, 1.165) is 24.8 Å². The second kappa shape index (κ2) is 7.41. The molecule has 0 fully saturated rings. The van der Waals surface area contributed by atoms with Gasteiger partial charge in [-0.05, 0) is 24.3 Å². The molecule has 0 unspecified atom stereocenters. The van der Waals surface area contributed by atoms with Crippen molar-refractivity contribution in [2.45, 2.75) is 60.4 Å². The Balaban J connectivity index is 2.85. The van der Waals surface area contributed by atoms with E-state index in [-0.39, 0.29) is 0 Å². The lowest BCUT2D eigenvalue weighted by molar-refractivity contribution is 0.418. The van der Waals surface area contributed by atoms with Gasteiger partial charge in [-0.15, -0.1) is 11.3 Å². The third-order valence-corrected chi connectivity index (χ3v) is 4.20. The second-order valence-electron chi connectivity index (χ2n) is 7.05. The van der Waals surface area contributed by atoms with Crippen LogP contribution in [0, 0.1) is 5.41 Å². The van der Waals surface area contributed by atoms with E-state index in [2.05, 4.69) is 58.8 Å². The standard InChI is InChI=1S/C16H31N3S/c1-8-9-17-10-13-14(12(2)3)18-15(20-13)19(7)11-16(4,5)6/h12,17H,8-11H2,1-7H3. The predicted octanol–water partition coefficient (Wildman–Crippen LogP) is 4.25. The van der Waals surface area contributed by atoms with Crippen LogP contribution in [0.3, 0.4) is 0 Å². The summed E-state index contributed by atoms with van der Waals surface area (Å²) in [6, 6.07) is 0. The molecule has 0 aliphatic carbocycles. The number of anilines is 1. The van der Waals surface area contributed by atoms with Crippen molar-refractivity contribution in [3.05, 3.63) is 10.6 Å². The lowest BCUT2D eigenvalue weighted by atomic mass is 9.96. The molecule has 0 saturated carbocycles. The van der Waals surface area contributed by atoms with Crippen molar-refractivity contribution in [1.82, 2.24) is 10.3 Å². The molecule has 0 saturated heterocycles. The molecule has 0 aliphatic heterocycles. The largest absolute Gasteiger partial charge is 0.351 e. The van der Waals surface area contributed by atoms with Crippen molar-refractivity contribution in [2.24, 2.45) is 5.41 Å². The van der Waals surface area contributed by atoms with Crippen LogP contribution in [-0.2, 0) is 6.54 Å². The van der Waals surface area contributed by atoms with Gasteiger partial charge in [0.05, 0.1) is 5.69 Å². The van der Waals surface area contributed by atoms with Gasteiger partial charge in [0.15, 0.2) is 5.13 Å². The summed E-state index contributed by atoms with van der Waals surface area (Å²) in [5, 5.41) is 4.65. The number of nitrogens with one attached hydrogen (secondary N) is 1. The minimum absolute atomic E-state index is 0.291. The monoisotopic (exact) mass is 297 g/mol. The number of aromatic nitrogens is 1. The Hall–Kier alpha value is -0.610. The maximum absolute atomic E-state index is 4.88. The molecule has 20 heavy (non-hydrogen) atoms. The predicted molar refractivity (Wildman–Crippen MR) is 90.9 cm³/mol. The summed E-state index contributed by atoms with van der Waals surface area (Å²) in [4.78, 5) is 8.56. The van der Waals surface area contributed by atoms with E-state index < -0.39 is 0 Å². The van der Waals surface area contributed by atoms with Crippen LogP contribution in [0.1, 0.15) is 64.5 Å². The Labute approximate surface area is 128 Å². The average Bonchev–Trinajstić information content (AvgIpc) is 2.71. The fourth-order valence-electron chi connectivity index (χ4n) is 2.25. The summed E-state index contributed by atoms with van der Waals surface area (Å²) in [5.41, 5.74) is 1.55. The van der Waals surface area contributed by atoms with Gasteiger partial charge in [0.2, 0.25) is 0 Å². The Morgan fingerprint density at radius 3 is 2.45 bits per heavy atom. The summed E-state index contributed by atoms with van der Waals surface area (Å²) < 4.78 is 0. The van der Waals surface area contributed by atoms with Crippen LogP contribution in [-0.4, -0.2) is 25.1 Å². The number of nitrogens with zero attached hydrogens (tertiary/aromatic N) is 2. The van der Waals surface area contributed by atoms with Crippen LogP contribution in [0.4, 0.5) is 5.13 Å². The van der Waals surface area contributed by atoms with Gasteiger partial charge in [0, 0.05) is 25.0 Å². The van der Waals surface area contributed by atoms with Crippen molar-refractivity contribution >= 4 is 16.5 Å². The van der Waals surface area contributed by atoms with Gasteiger partial charge in [0.1, 0.15) is 0 Å². The third kappa shape index (κ3) is 5.41. The van der Waals surface area contributed by atoms with E-state index >= 15 is 0 Å². The minimum atomic E-state index is 0.291. The molecule has 1 heterocycles. The van der Waals surface area contributed by atoms with Gasteiger partial charge in [-0.25, -0.2) is 4.98 Å². The average molecular weight is 298 g/mol. The highest BCUT2D eigenvalue weighted by Gasteiger charge is 2.19. The lowest BCUT2D eigenvalue weighted by Gasteiger charge is -2.26. The van der Waals surface area contributed by atoms with Crippen molar-refractivity contribution < 1.29 is 0 Å². The molecule has 1 rings (SSSR count). The number of rotatable bonds is 7.